The average Bonchev–Trinajstić information content (AvgIpc) is 2.31. The molecule has 1 saturated heterocycles. The Morgan fingerprint density at radius 1 is 1.28 bits per heavy atom. The first-order chi connectivity index (χ1) is 8.49. The zero-order valence-electron chi connectivity index (χ0n) is 9.36. The van der Waals surface area contributed by atoms with E-state index in [1.54, 1.807) is 4.90 Å². The maximum Gasteiger partial charge on any atom is 0.294 e. The van der Waals surface area contributed by atoms with E-state index >= 15 is 0 Å². The number of nitro groups is 1. The Balaban J connectivity index is 2.44. The number of ketones is 1. The van der Waals surface area contributed by atoms with Gasteiger partial charge in [0.05, 0.1) is 21.5 Å². The van der Waals surface area contributed by atoms with Crippen molar-refractivity contribution in [2.24, 2.45) is 0 Å². The van der Waals surface area contributed by atoms with Crippen LogP contribution >= 0.6 is 23.2 Å². The lowest BCUT2D eigenvalue weighted by Crippen LogP contribution is -2.35. The Bertz CT molecular complexity index is 519. The summed E-state index contributed by atoms with van der Waals surface area (Å²) < 4.78 is 0. The standard InChI is InChI=1S/C11H10Cl2N2O3/c12-8-4-10(11(15(17)18)5-9(8)13)14-3-1-2-7(16)6-14/h4-5H,1-3,6H2. The van der Waals surface area contributed by atoms with Crippen LogP contribution in [0.15, 0.2) is 12.1 Å². The number of hydrogen-bond acceptors (Lipinski definition) is 4. The molecule has 0 amide bonds. The van der Waals surface area contributed by atoms with Gasteiger partial charge in [-0.05, 0) is 12.5 Å². The fourth-order valence-electron chi connectivity index (χ4n) is 1.97. The topological polar surface area (TPSA) is 63.5 Å². The molecule has 0 atom stereocenters. The van der Waals surface area contributed by atoms with E-state index in [9.17, 15) is 14.9 Å². The highest BCUT2D eigenvalue weighted by Gasteiger charge is 2.25. The summed E-state index contributed by atoms with van der Waals surface area (Å²) in [5.74, 6) is 0.0709. The lowest BCUT2D eigenvalue weighted by atomic mass is 10.1. The second kappa shape index (κ2) is 5.12. The Morgan fingerprint density at radius 2 is 1.94 bits per heavy atom. The van der Waals surface area contributed by atoms with E-state index in [1.807, 2.05) is 0 Å². The van der Waals surface area contributed by atoms with E-state index in [-0.39, 0.29) is 28.1 Å². The fraction of sp³-hybridized carbons (Fsp3) is 0.364. The molecule has 1 heterocycles. The van der Waals surface area contributed by atoms with Crippen molar-refractivity contribution in [1.29, 1.82) is 0 Å². The molecular weight excluding hydrogens is 279 g/mol. The number of nitrogens with zero attached hydrogens (tertiary/aromatic N) is 2. The van der Waals surface area contributed by atoms with Crippen molar-refractivity contribution in [1.82, 2.24) is 0 Å². The van der Waals surface area contributed by atoms with Gasteiger partial charge in [-0.3, -0.25) is 14.9 Å². The van der Waals surface area contributed by atoms with Crippen molar-refractivity contribution in [2.75, 3.05) is 18.0 Å². The molecule has 96 valence electrons. The van der Waals surface area contributed by atoms with Crippen molar-refractivity contribution in [3.05, 3.63) is 32.3 Å². The third-order valence-corrected chi connectivity index (χ3v) is 3.53. The van der Waals surface area contributed by atoms with Crippen LogP contribution < -0.4 is 4.90 Å². The number of carbonyl (C=O) groups is 1. The molecule has 1 fully saturated rings. The molecule has 1 aliphatic rings. The third-order valence-electron chi connectivity index (χ3n) is 2.81. The summed E-state index contributed by atoms with van der Waals surface area (Å²) in [5.41, 5.74) is 0.224. The van der Waals surface area contributed by atoms with Gasteiger partial charge in [-0.25, -0.2) is 0 Å². The second-order valence-corrected chi connectivity index (χ2v) is 4.89. The number of piperidine rings is 1. The Labute approximate surface area is 113 Å². The van der Waals surface area contributed by atoms with E-state index < -0.39 is 4.92 Å². The van der Waals surface area contributed by atoms with Gasteiger partial charge in [0.1, 0.15) is 5.69 Å². The number of nitro benzene ring substituents is 1. The van der Waals surface area contributed by atoms with Crippen LogP contribution in [0.4, 0.5) is 11.4 Å². The summed E-state index contributed by atoms with van der Waals surface area (Å²) in [4.78, 5) is 23.6. The van der Waals surface area contributed by atoms with Crippen LogP contribution in [0.2, 0.25) is 10.0 Å². The Kier molecular flexibility index (Phi) is 3.73. The summed E-state index contributed by atoms with van der Waals surface area (Å²) in [6.07, 6.45) is 1.21. The molecular formula is C11H10Cl2N2O3. The van der Waals surface area contributed by atoms with Crippen LogP contribution in [0.25, 0.3) is 0 Å². The van der Waals surface area contributed by atoms with Crippen LogP contribution in [0, 0.1) is 10.1 Å². The third kappa shape index (κ3) is 2.57. The highest BCUT2D eigenvalue weighted by Crippen LogP contribution is 2.36. The first-order valence-electron chi connectivity index (χ1n) is 5.39. The summed E-state index contributed by atoms with van der Waals surface area (Å²) in [6.45, 7) is 0.781. The zero-order chi connectivity index (χ0) is 13.3. The molecule has 0 radical (unpaired) electrons. The van der Waals surface area contributed by atoms with Crippen LogP contribution in [-0.4, -0.2) is 23.8 Å². The molecule has 2 rings (SSSR count). The molecule has 0 bridgehead atoms. The zero-order valence-corrected chi connectivity index (χ0v) is 10.9. The van der Waals surface area contributed by atoms with Crippen molar-refractivity contribution in [2.45, 2.75) is 12.8 Å². The lowest BCUT2D eigenvalue weighted by Gasteiger charge is -2.27. The van der Waals surface area contributed by atoms with Gasteiger partial charge in [-0.1, -0.05) is 23.2 Å². The SMILES string of the molecule is O=C1CCCN(c2cc(Cl)c(Cl)cc2[N+](=O)[O-])C1. The van der Waals surface area contributed by atoms with Gasteiger partial charge >= 0.3 is 0 Å². The Morgan fingerprint density at radius 3 is 2.56 bits per heavy atom. The fourth-order valence-corrected chi connectivity index (χ4v) is 2.28. The molecule has 0 saturated carbocycles. The van der Waals surface area contributed by atoms with Crippen LogP contribution in [0.3, 0.4) is 0 Å². The molecule has 0 unspecified atom stereocenters. The van der Waals surface area contributed by atoms with Gasteiger partial charge in [0.25, 0.3) is 5.69 Å². The predicted octanol–water partition coefficient (Wildman–Crippen LogP) is 3.07. The van der Waals surface area contributed by atoms with Gasteiger partial charge in [-0.2, -0.15) is 0 Å². The molecule has 0 spiro atoms. The predicted molar refractivity (Wildman–Crippen MR) is 69.6 cm³/mol. The van der Waals surface area contributed by atoms with Crippen LogP contribution in [0.1, 0.15) is 12.8 Å². The lowest BCUT2D eigenvalue weighted by molar-refractivity contribution is -0.384. The molecule has 1 aromatic carbocycles. The molecule has 18 heavy (non-hydrogen) atoms. The van der Waals surface area contributed by atoms with Gasteiger partial charge in [0.15, 0.2) is 5.78 Å². The quantitative estimate of drug-likeness (QED) is 0.620. The molecule has 5 nitrogen and oxygen atoms in total. The number of halogens is 2. The largest absolute Gasteiger partial charge is 0.359 e. The molecule has 1 aromatic rings. The Hall–Kier alpha value is -1.33. The molecule has 1 aliphatic heterocycles. The number of carbonyl (C=O) groups excluding carboxylic acids is 1. The van der Waals surface area contributed by atoms with E-state index in [2.05, 4.69) is 0 Å². The maximum atomic E-state index is 11.4. The summed E-state index contributed by atoms with van der Waals surface area (Å²) in [7, 11) is 0. The normalized spacial score (nSPS) is 15.9. The summed E-state index contributed by atoms with van der Waals surface area (Å²) >= 11 is 11.7. The summed E-state index contributed by atoms with van der Waals surface area (Å²) in [5, 5.41) is 11.4. The van der Waals surface area contributed by atoms with E-state index in [0.717, 1.165) is 0 Å². The first kappa shape index (κ1) is 13.1. The van der Waals surface area contributed by atoms with Crippen molar-refractivity contribution in [3.8, 4) is 0 Å². The minimum atomic E-state index is -0.517. The van der Waals surface area contributed by atoms with Crippen LogP contribution in [-0.2, 0) is 4.79 Å². The molecule has 0 N–H and O–H groups in total. The van der Waals surface area contributed by atoms with Crippen molar-refractivity contribution in [3.63, 3.8) is 0 Å². The molecule has 7 heteroatoms. The number of Topliss-reactive ketones (excluding diaryl/α,β-unsaturated/α-hetero) is 1. The van der Waals surface area contributed by atoms with Crippen molar-refractivity contribution < 1.29 is 9.72 Å². The van der Waals surface area contributed by atoms with Gasteiger partial charge < -0.3 is 4.90 Å². The number of rotatable bonds is 2. The maximum absolute atomic E-state index is 11.4. The highest BCUT2D eigenvalue weighted by atomic mass is 35.5. The average molecular weight is 289 g/mol. The highest BCUT2D eigenvalue weighted by molar-refractivity contribution is 6.42. The van der Waals surface area contributed by atoms with Crippen LogP contribution in [0.5, 0.6) is 0 Å². The van der Waals surface area contributed by atoms with Gasteiger partial charge in [0.2, 0.25) is 0 Å². The smallest absolute Gasteiger partial charge is 0.294 e. The minimum Gasteiger partial charge on any atom is -0.359 e. The van der Waals surface area contributed by atoms with Gasteiger partial charge in [0, 0.05) is 19.0 Å². The molecule has 0 aliphatic carbocycles. The number of hydrogen-bond donors (Lipinski definition) is 0. The number of anilines is 1. The summed E-state index contributed by atoms with van der Waals surface area (Å²) in [6, 6.07) is 2.67. The minimum absolute atomic E-state index is 0.0709. The van der Waals surface area contributed by atoms with E-state index in [1.165, 1.54) is 12.1 Å². The molecule has 0 aromatic heterocycles. The van der Waals surface area contributed by atoms with E-state index in [0.29, 0.717) is 25.1 Å². The van der Waals surface area contributed by atoms with Gasteiger partial charge in [-0.15, -0.1) is 0 Å². The van der Waals surface area contributed by atoms with Crippen molar-refractivity contribution >= 4 is 40.4 Å². The van der Waals surface area contributed by atoms with E-state index in [4.69, 9.17) is 23.2 Å². The number of benzene rings is 1. The monoisotopic (exact) mass is 288 g/mol. The first-order valence-corrected chi connectivity index (χ1v) is 6.14. The second-order valence-electron chi connectivity index (χ2n) is 4.08.